The van der Waals surface area contributed by atoms with Crippen LogP contribution in [0, 0.1) is 12.7 Å². The average Bonchev–Trinajstić information content (AvgIpc) is 2.43. The van der Waals surface area contributed by atoms with E-state index in [0.717, 1.165) is 0 Å². The van der Waals surface area contributed by atoms with Gasteiger partial charge in [0.15, 0.2) is 0 Å². The molecule has 20 heavy (non-hydrogen) atoms. The summed E-state index contributed by atoms with van der Waals surface area (Å²) in [6.07, 6.45) is 0. The first-order valence-corrected chi connectivity index (χ1v) is 6.50. The number of benzene rings is 1. The summed E-state index contributed by atoms with van der Waals surface area (Å²) in [6, 6.07) is 2.71. The van der Waals surface area contributed by atoms with Gasteiger partial charge in [-0.25, -0.2) is 4.39 Å². The molecule has 0 bridgehead atoms. The first-order valence-electron chi connectivity index (χ1n) is 6.50. The van der Waals surface area contributed by atoms with Crippen LogP contribution in [0.2, 0.25) is 0 Å². The highest BCUT2D eigenvalue weighted by Crippen LogP contribution is 2.19. The van der Waals surface area contributed by atoms with Crippen molar-refractivity contribution in [1.82, 2.24) is 9.80 Å². The fourth-order valence-electron chi connectivity index (χ4n) is 2.23. The Labute approximate surface area is 117 Å². The zero-order valence-electron chi connectivity index (χ0n) is 11.6. The summed E-state index contributed by atoms with van der Waals surface area (Å²) >= 11 is 0. The van der Waals surface area contributed by atoms with Crippen LogP contribution in [0.5, 0.6) is 0 Å². The number of carbonyl (C=O) groups excluding carboxylic acids is 2. The number of amides is 2. The summed E-state index contributed by atoms with van der Waals surface area (Å²) in [4.78, 5) is 26.8. The predicted octanol–water partition coefficient (Wildman–Crippen LogP) is 1.02. The lowest BCUT2D eigenvalue weighted by atomic mass is 10.1. The van der Waals surface area contributed by atoms with Gasteiger partial charge in [-0.1, -0.05) is 0 Å². The number of carbonyl (C=O) groups is 2. The summed E-state index contributed by atoms with van der Waals surface area (Å²) in [6.45, 7) is 5.00. The first kappa shape index (κ1) is 14.3. The van der Waals surface area contributed by atoms with Crippen molar-refractivity contribution in [3.8, 4) is 0 Å². The summed E-state index contributed by atoms with van der Waals surface area (Å²) in [7, 11) is 0. The highest BCUT2D eigenvalue weighted by Gasteiger charge is 2.24. The maximum atomic E-state index is 13.6. The van der Waals surface area contributed by atoms with Crippen molar-refractivity contribution in [2.75, 3.05) is 31.9 Å². The molecule has 6 heteroatoms. The number of rotatable bonds is 1. The molecule has 1 aromatic carbocycles. The van der Waals surface area contributed by atoms with Crippen LogP contribution in [-0.2, 0) is 4.79 Å². The molecular formula is C14H18FN3O2. The molecule has 0 atom stereocenters. The summed E-state index contributed by atoms with van der Waals surface area (Å²) in [5.41, 5.74) is 6.56. The van der Waals surface area contributed by atoms with Gasteiger partial charge in [0, 0.05) is 49.9 Å². The van der Waals surface area contributed by atoms with Gasteiger partial charge in [-0.3, -0.25) is 9.59 Å². The Morgan fingerprint density at radius 3 is 2.20 bits per heavy atom. The number of anilines is 1. The van der Waals surface area contributed by atoms with Gasteiger partial charge >= 0.3 is 0 Å². The maximum Gasteiger partial charge on any atom is 0.254 e. The highest BCUT2D eigenvalue weighted by molar-refractivity contribution is 5.95. The molecule has 0 aromatic heterocycles. The molecule has 0 aliphatic carbocycles. The minimum atomic E-state index is -0.476. The monoisotopic (exact) mass is 279 g/mol. The van der Waals surface area contributed by atoms with Gasteiger partial charge in [0.25, 0.3) is 5.91 Å². The lowest BCUT2D eigenvalue weighted by molar-refractivity contribution is -0.130. The van der Waals surface area contributed by atoms with Crippen molar-refractivity contribution in [1.29, 1.82) is 0 Å². The smallest absolute Gasteiger partial charge is 0.254 e. The zero-order chi connectivity index (χ0) is 14.9. The number of nitrogens with zero attached hydrogens (tertiary/aromatic N) is 2. The van der Waals surface area contributed by atoms with E-state index >= 15 is 0 Å². The topological polar surface area (TPSA) is 66.6 Å². The lowest BCUT2D eigenvalue weighted by Crippen LogP contribution is -2.50. The molecule has 0 saturated carbocycles. The van der Waals surface area contributed by atoms with E-state index in [1.54, 1.807) is 16.7 Å². The van der Waals surface area contributed by atoms with Crippen LogP contribution >= 0.6 is 0 Å². The van der Waals surface area contributed by atoms with E-state index in [1.165, 1.54) is 19.1 Å². The van der Waals surface area contributed by atoms with Gasteiger partial charge in [-0.05, 0) is 19.1 Å². The third-order valence-electron chi connectivity index (χ3n) is 3.64. The fraction of sp³-hybridized carbons (Fsp3) is 0.429. The summed E-state index contributed by atoms with van der Waals surface area (Å²) < 4.78 is 13.6. The fourth-order valence-corrected chi connectivity index (χ4v) is 2.23. The van der Waals surface area contributed by atoms with Gasteiger partial charge < -0.3 is 15.5 Å². The van der Waals surface area contributed by atoms with Gasteiger partial charge in [0.05, 0.1) is 0 Å². The Hall–Kier alpha value is -2.11. The predicted molar refractivity (Wildman–Crippen MR) is 73.7 cm³/mol. The molecular weight excluding hydrogens is 261 g/mol. The molecule has 1 aromatic rings. The average molecular weight is 279 g/mol. The molecule has 5 nitrogen and oxygen atoms in total. The second-order valence-corrected chi connectivity index (χ2v) is 4.97. The van der Waals surface area contributed by atoms with Crippen LogP contribution < -0.4 is 5.73 Å². The Kier molecular flexibility index (Phi) is 3.92. The first-order chi connectivity index (χ1) is 9.40. The van der Waals surface area contributed by atoms with E-state index in [0.29, 0.717) is 31.7 Å². The molecule has 1 aliphatic rings. The molecule has 1 aliphatic heterocycles. The second kappa shape index (κ2) is 5.48. The van der Waals surface area contributed by atoms with Crippen LogP contribution in [0.1, 0.15) is 22.8 Å². The van der Waals surface area contributed by atoms with Crippen molar-refractivity contribution < 1.29 is 14.0 Å². The SMILES string of the molecule is CC(=O)N1CCN(C(=O)c2cc(N)c(C)c(F)c2)CC1. The zero-order valence-corrected chi connectivity index (χ0v) is 11.6. The summed E-state index contributed by atoms with van der Waals surface area (Å²) in [5, 5.41) is 0. The van der Waals surface area contributed by atoms with Gasteiger partial charge in [-0.15, -0.1) is 0 Å². The molecule has 1 heterocycles. The Bertz CT molecular complexity index is 528. The molecule has 1 fully saturated rings. The second-order valence-electron chi connectivity index (χ2n) is 4.97. The van der Waals surface area contributed by atoms with Crippen molar-refractivity contribution in [3.63, 3.8) is 0 Å². The van der Waals surface area contributed by atoms with Crippen LogP contribution in [0.15, 0.2) is 12.1 Å². The number of hydrogen-bond donors (Lipinski definition) is 1. The van der Waals surface area contributed by atoms with E-state index in [1.807, 2.05) is 0 Å². The maximum absolute atomic E-state index is 13.6. The molecule has 0 unspecified atom stereocenters. The van der Waals surface area contributed by atoms with Crippen molar-refractivity contribution >= 4 is 17.5 Å². The molecule has 2 N–H and O–H groups in total. The van der Waals surface area contributed by atoms with Crippen LogP contribution in [0.25, 0.3) is 0 Å². The van der Waals surface area contributed by atoms with E-state index in [9.17, 15) is 14.0 Å². The highest BCUT2D eigenvalue weighted by atomic mass is 19.1. The quantitative estimate of drug-likeness (QED) is 0.780. The molecule has 1 saturated heterocycles. The third kappa shape index (κ3) is 2.74. The summed E-state index contributed by atoms with van der Waals surface area (Å²) in [5.74, 6) is -0.725. The number of hydrogen-bond acceptors (Lipinski definition) is 3. The Morgan fingerprint density at radius 2 is 1.70 bits per heavy atom. The minimum absolute atomic E-state index is 0.00252. The normalized spacial score (nSPS) is 15.3. The van der Waals surface area contributed by atoms with Gasteiger partial charge in [0.2, 0.25) is 5.91 Å². The van der Waals surface area contributed by atoms with E-state index in [2.05, 4.69) is 0 Å². The van der Waals surface area contributed by atoms with Crippen molar-refractivity contribution in [2.24, 2.45) is 0 Å². The number of halogens is 1. The lowest BCUT2D eigenvalue weighted by Gasteiger charge is -2.34. The minimum Gasteiger partial charge on any atom is -0.398 e. The van der Waals surface area contributed by atoms with Crippen LogP contribution in [0.3, 0.4) is 0 Å². The van der Waals surface area contributed by atoms with Crippen LogP contribution in [0.4, 0.5) is 10.1 Å². The van der Waals surface area contributed by atoms with Gasteiger partial charge in [0.1, 0.15) is 5.82 Å². The largest absolute Gasteiger partial charge is 0.398 e. The van der Waals surface area contributed by atoms with E-state index in [-0.39, 0.29) is 23.1 Å². The molecule has 2 amide bonds. The molecule has 2 rings (SSSR count). The van der Waals surface area contributed by atoms with Crippen LogP contribution in [-0.4, -0.2) is 47.8 Å². The van der Waals surface area contributed by atoms with E-state index in [4.69, 9.17) is 5.73 Å². The number of nitrogens with two attached hydrogens (primary N) is 1. The molecule has 0 radical (unpaired) electrons. The molecule has 0 spiro atoms. The third-order valence-corrected chi connectivity index (χ3v) is 3.64. The Balaban J connectivity index is 2.11. The number of nitrogen functional groups attached to an aromatic ring is 1. The molecule has 108 valence electrons. The Morgan fingerprint density at radius 1 is 1.15 bits per heavy atom. The van der Waals surface area contributed by atoms with Gasteiger partial charge in [-0.2, -0.15) is 0 Å². The standard InChI is InChI=1S/C14H18FN3O2/c1-9-12(15)7-11(8-13(9)16)14(20)18-5-3-17(4-6-18)10(2)19/h7-8H,3-6,16H2,1-2H3. The van der Waals surface area contributed by atoms with Crippen molar-refractivity contribution in [3.05, 3.63) is 29.1 Å². The van der Waals surface area contributed by atoms with Crippen molar-refractivity contribution in [2.45, 2.75) is 13.8 Å². The van der Waals surface area contributed by atoms with E-state index < -0.39 is 5.82 Å². The number of piperazine rings is 1.